The lowest BCUT2D eigenvalue weighted by atomic mass is 10.1. The van der Waals surface area contributed by atoms with Crippen molar-refractivity contribution in [2.75, 3.05) is 14.2 Å². The first-order chi connectivity index (χ1) is 11.9. The largest absolute Gasteiger partial charge is 0.497 e. The van der Waals surface area contributed by atoms with Gasteiger partial charge in [0.15, 0.2) is 6.10 Å². The number of ether oxygens (including phenoxy) is 3. The Morgan fingerprint density at radius 1 is 1.00 bits per heavy atom. The first-order valence-electron chi connectivity index (χ1n) is 8.20. The van der Waals surface area contributed by atoms with Crippen LogP contribution in [0.15, 0.2) is 42.5 Å². The lowest BCUT2D eigenvalue weighted by Crippen LogP contribution is -2.37. The van der Waals surface area contributed by atoms with E-state index in [4.69, 9.17) is 14.2 Å². The molecule has 0 aliphatic heterocycles. The summed E-state index contributed by atoms with van der Waals surface area (Å²) in [5.41, 5.74) is 1.96. The third-order valence-corrected chi connectivity index (χ3v) is 3.94. The van der Waals surface area contributed by atoms with E-state index in [1.807, 2.05) is 50.2 Å². The fourth-order valence-corrected chi connectivity index (χ4v) is 2.53. The lowest BCUT2D eigenvalue weighted by molar-refractivity contribution is -0.127. The molecular formula is C20H25NO4. The van der Waals surface area contributed by atoms with E-state index in [2.05, 4.69) is 5.32 Å². The first-order valence-corrected chi connectivity index (χ1v) is 8.20. The van der Waals surface area contributed by atoms with Gasteiger partial charge in [-0.3, -0.25) is 4.79 Å². The van der Waals surface area contributed by atoms with E-state index >= 15 is 0 Å². The minimum absolute atomic E-state index is 0.188. The zero-order valence-corrected chi connectivity index (χ0v) is 15.3. The summed E-state index contributed by atoms with van der Waals surface area (Å²) in [6.45, 7) is 5.62. The van der Waals surface area contributed by atoms with Gasteiger partial charge >= 0.3 is 0 Å². The van der Waals surface area contributed by atoms with Crippen molar-refractivity contribution in [3.8, 4) is 17.2 Å². The molecule has 5 heteroatoms. The predicted octanol–water partition coefficient (Wildman–Crippen LogP) is 3.66. The van der Waals surface area contributed by atoms with Crippen LogP contribution in [0.5, 0.6) is 17.2 Å². The minimum Gasteiger partial charge on any atom is -0.497 e. The number of methoxy groups -OCH3 is 2. The van der Waals surface area contributed by atoms with Gasteiger partial charge in [-0.2, -0.15) is 0 Å². The molecule has 0 aliphatic rings. The van der Waals surface area contributed by atoms with Crippen LogP contribution in [0.2, 0.25) is 0 Å². The highest BCUT2D eigenvalue weighted by Gasteiger charge is 2.20. The summed E-state index contributed by atoms with van der Waals surface area (Å²) in [6, 6.07) is 12.9. The molecule has 2 unspecified atom stereocenters. The van der Waals surface area contributed by atoms with Crippen molar-refractivity contribution in [2.24, 2.45) is 0 Å². The number of rotatable bonds is 7. The monoisotopic (exact) mass is 343 g/mol. The summed E-state index contributed by atoms with van der Waals surface area (Å²) in [7, 11) is 3.19. The van der Waals surface area contributed by atoms with Crippen LogP contribution < -0.4 is 19.5 Å². The molecule has 0 saturated carbocycles. The molecular weight excluding hydrogens is 318 g/mol. The SMILES string of the molecule is COc1ccc(C(C)NC(=O)C(C)Oc2cccc(C)c2)c(OC)c1. The quantitative estimate of drug-likeness (QED) is 0.834. The van der Waals surface area contributed by atoms with Crippen molar-refractivity contribution in [3.05, 3.63) is 53.6 Å². The number of benzene rings is 2. The second-order valence-electron chi connectivity index (χ2n) is 5.91. The van der Waals surface area contributed by atoms with E-state index in [9.17, 15) is 4.79 Å². The molecule has 134 valence electrons. The molecule has 1 N–H and O–H groups in total. The average Bonchev–Trinajstić information content (AvgIpc) is 2.60. The maximum atomic E-state index is 12.4. The van der Waals surface area contributed by atoms with Crippen molar-refractivity contribution in [1.29, 1.82) is 0 Å². The van der Waals surface area contributed by atoms with Crippen LogP contribution in [0.1, 0.15) is 31.0 Å². The van der Waals surface area contributed by atoms with Gasteiger partial charge < -0.3 is 19.5 Å². The van der Waals surface area contributed by atoms with Crippen LogP contribution in [0.25, 0.3) is 0 Å². The van der Waals surface area contributed by atoms with Gasteiger partial charge in [0.2, 0.25) is 0 Å². The third kappa shape index (κ3) is 4.89. The smallest absolute Gasteiger partial charge is 0.261 e. The Hall–Kier alpha value is -2.69. The van der Waals surface area contributed by atoms with Crippen LogP contribution in [-0.4, -0.2) is 26.2 Å². The lowest BCUT2D eigenvalue weighted by Gasteiger charge is -2.21. The van der Waals surface area contributed by atoms with Gasteiger partial charge in [-0.25, -0.2) is 0 Å². The second kappa shape index (κ2) is 8.42. The van der Waals surface area contributed by atoms with Gasteiger partial charge in [0.1, 0.15) is 17.2 Å². The molecule has 0 aromatic heterocycles. The Balaban J connectivity index is 2.04. The topological polar surface area (TPSA) is 56.8 Å². The summed E-state index contributed by atoms with van der Waals surface area (Å²) in [6.07, 6.45) is -0.603. The highest BCUT2D eigenvalue weighted by Crippen LogP contribution is 2.29. The van der Waals surface area contributed by atoms with Crippen LogP contribution in [-0.2, 0) is 4.79 Å². The van der Waals surface area contributed by atoms with Crippen molar-refractivity contribution in [1.82, 2.24) is 5.32 Å². The molecule has 2 atom stereocenters. The van der Waals surface area contributed by atoms with Gasteiger partial charge in [-0.1, -0.05) is 12.1 Å². The van der Waals surface area contributed by atoms with Crippen molar-refractivity contribution >= 4 is 5.91 Å². The van der Waals surface area contributed by atoms with E-state index in [1.165, 1.54) is 0 Å². The van der Waals surface area contributed by atoms with Crippen LogP contribution in [0.4, 0.5) is 0 Å². The molecule has 1 amide bonds. The fraction of sp³-hybridized carbons (Fsp3) is 0.350. The maximum absolute atomic E-state index is 12.4. The Bertz CT molecular complexity index is 729. The van der Waals surface area contributed by atoms with E-state index in [0.717, 1.165) is 11.1 Å². The summed E-state index contributed by atoms with van der Waals surface area (Å²) in [5.74, 6) is 1.86. The minimum atomic E-state index is -0.603. The van der Waals surface area contributed by atoms with Gasteiger partial charge in [0, 0.05) is 11.6 Å². The van der Waals surface area contributed by atoms with E-state index in [-0.39, 0.29) is 11.9 Å². The maximum Gasteiger partial charge on any atom is 0.261 e. The summed E-state index contributed by atoms with van der Waals surface area (Å²) in [5, 5.41) is 2.96. The molecule has 2 rings (SSSR count). The summed E-state index contributed by atoms with van der Waals surface area (Å²) in [4.78, 5) is 12.4. The predicted molar refractivity (Wildman–Crippen MR) is 97.4 cm³/mol. The van der Waals surface area contributed by atoms with Gasteiger partial charge in [0.05, 0.1) is 20.3 Å². The van der Waals surface area contributed by atoms with Gasteiger partial charge in [0.25, 0.3) is 5.91 Å². The molecule has 0 radical (unpaired) electrons. The van der Waals surface area contributed by atoms with E-state index in [1.54, 1.807) is 27.2 Å². The molecule has 5 nitrogen and oxygen atoms in total. The molecule has 0 bridgehead atoms. The standard InChI is InChI=1S/C20H25NO4/c1-13-7-6-8-17(11-13)25-15(3)20(22)21-14(2)18-10-9-16(23-4)12-19(18)24-5/h6-12,14-15H,1-5H3,(H,21,22). The molecule has 0 saturated heterocycles. The Labute approximate surface area is 148 Å². The van der Waals surface area contributed by atoms with Crippen LogP contribution in [0, 0.1) is 6.92 Å². The Morgan fingerprint density at radius 2 is 1.76 bits per heavy atom. The number of hydrogen-bond donors (Lipinski definition) is 1. The third-order valence-electron chi connectivity index (χ3n) is 3.94. The second-order valence-corrected chi connectivity index (χ2v) is 5.91. The number of aryl methyl sites for hydroxylation is 1. The normalized spacial score (nSPS) is 12.8. The summed E-state index contributed by atoms with van der Waals surface area (Å²) < 4.78 is 16.3. The molecule has 0 fully saturated rings. The number of carbonyl (C=O) groups excluding carboxylic acids is 1. The molecule has 2 aromatic carbocycles. The fourth-order valence-electron chi connectivity index (χ4n) is 2.53. The molecule has 2 aromatic rings. The van der Waals surface area contributed by atoms with Crippen molar-refractivity contribution in [2.45, 2.75) is 32.9 Å². The average molecular weight is 343 g/mol. The highest BCUT2D eigenvalue weighted by molar-refractivity contribution is 5.81. The van der Waals surface area contributed by atoms with Crippen LogP contribution in [0.3, 0.4) is 0 Å². The van der Waals surface area contributed by atoms with E-state index < -0.39 is 6.10 Å². The zero-order valence-electron chi connectivity index (χ0n) is 15.3. The molecule has 0 heterocycles. The number of amides is 1. The molecule has 0 spiro atoms. The number of carbonyl (C=O) groups is 1. The zero-order chi connectivity index (χ0) is 18.4. The van der Waals surface area contributed by atoms with Crippen molar-refractivity contribution in [3.63, 3.8) is 0 Å². The molecule has 25 heavy (non-hydrogen) atoms. The van der Waals surface area contributed by atoms with E-state index in [0.29, 0.717) is 17.2 Å². The first kappa shape index (κ1) is 18.6. The number of hydrogen-bond acceptors (Lipinski definition) is 4. The van der Waals surface area contributed by atoms with Gasteiger partial charge in [-0.15, -0.1) is 0 Å². The number of nitrogens with one attached hydrogen (secondary N) is 1. The highest BCUT2D eigenvalue weighted by atomic mass is 16.5. The van der Waals surface area contributed by atoms with Crippen LogP contribution >= 0.6 is 0 Å². The summed E-state index contributed by atoms with van der Waals surface area (Å²) >= 11 is 0. The van der Waals surface area contributed by atoms with Gasteiger partial charge in [-0.05, 0) is 50.6 Å². The Morgan fingerprint density at radius 3 is 2.40 bits per heavy atom. The van der Waals surface area contributed by atoms with Crippen molar-refractivity contribution < 1.29 is 19.0 Å². The molecule has 0 aliphatic carbocycles. The Kier molecular flexibility index (Phi) is 6.28.